The average Bonchev–Trinajstić information content (AvgIpc) is 2.72. The van der Waals surface area contributed by atoms with Gasteiger partial charge in [-0.15, -0.1) is 0 Å². The summed E-state index contributed by atoms with van der Waals surface area (Å²) in [6.45, 7) is 10.4. The highest BCUT2D eigenvalue weighted by molar-refractivity contribution is 5.82. The van der Waals surface area contributed by atoms with Crippen molar-refractivity contribution >= 4 is 17.9 Å². The van der Waals surface area contributed by atoms with Gasteiger partial charge >= 0.3 is 6.09 Å². The molecule has 0 radical (unpaired) electrons. The molecule has 3 aliphatic heterocycles. The molecule has 3 heterocycles. The maximum absolute atomic E-state index is 13.0. The second kappa shape index (κ2) is 9.32. The third kappa shape index (κ3) is 5.84. The first kappa shape index (κ1) is 21.9. The molecule has 8 nitrogen and oxygen atoms in total. The summed E-state index contributed by atoms with van der Waals surface area (Å²) in [4.78, 5) is 43.5. The second-order valence-electron chi connectivity index (χ2n) is 9.30. The zero-order valence-corrected chi connectivity index (χ0v) is 18.0. The summed E-state index contributed by atoms with van der Waals surface area (Å²) in [6.07, 6.45) is 2.69. The van der Waals surface area contributed by atoms with Gasteiger partial charge in [-0.3, -0.25) is 9.59 Å². The van der Waals surface area contributed by atoms with Crippen molar-refractivity contribution in [3.63, 3.8) is 0 Å². The van der Waals surface area contributed by atoms with Crippen molar-refractivity contribution in [3.05, 3.63) is 0 Å². The molecule has 164 valence electrons. The average molecular weight is 410 g/mol. The molecular formula is C21H35N3O5. The Hall–Kier alpha value is -1.83. The second-order valence-corrected chi connectivity index (χ2v) is 9.30. The lowest BCUT2D eigenvalue weighted by Crippen LogP contribution is -2.51. The van der Waals surface area contributed by atoms with E-state index >= 15 is 0 Å². The first-order chi connectivity index (χ1) is 13.7. The minimum absolute atomic E-state index is 0.00164. The number of piperidine rings is 2. The summed E-state index contributed by atoms with van der Waals surface area (Å²) >= 11 is 0. The van der Waals surface area contributed by atoms with Crippen LogP contribution in [0.1, 0.15) is 46.5 Å². The fourth-order valence-corrected chi connectivity index (χ4v) is 4.32. The smallest absolute Gasteiger partial charge is 0.410 e. The van der Waals surface area contributed by atoms with Crippen LogP contribution in [0.5, 0.6) is 0 Å². The summed E-state index contributed by atoms with van der Waals surface area (Å²) in [5, 5.41) is 0. The molecule has 1 atom stereocenters. The first-order valence-electron chi connectivity index (χ1n) is 10.9. The molecule has 0 aromatic rings. The summed E-state index contributed by atoms with van der Waals surface area (Å²) in [6, 6.07) is 0. The highest BCUT2D eigenvalue weighted by atomic mass is 16.6. The maximum atomic E-state index is 13.0. The number of likely N-dealkylation sites (tertiary alicyclic amines) is 2. The maximum Gasteiger partial charge on any atom is 0.410 e. The Kier molecular flexibility index (Phi) is 7.03. The SMILES string of the molecule is CC(C)(C)OC(=O)N1CCCC(C(=O)N2CCC(C(=O)N3CCOCC3)CC2)C1. The van der Waals surface area contributed by atoms with Crippen molar-refractivity contribution in [3.8, 4) is 0 Å². The molecule has 0 aromatic carbocycles. The van der Waals surface area contributed by atoms with E-state index in [-0.39, 0.29) is 29.7 Å². The molecular weight excluding hydrogens is 374 g/mol. The van der Waals surface area contributed by atoms with E-state index in [9.17, 15) is 14.4 Å². The van der Waals surface area contributed by atoms with E-state index < -0.39 is 5.60 Å². The molecule has 0 saturated carbocycles. The number of rotatable bonds is 2. The van der Waals surface area contributed by atoms with Gasteiger partial charge in [-0.2, -0.15) is 0 Å². The number of ether oxygens (including phenoxy) is 2. The predicted molar refractivity (Wildman–Crippen MR) is 107 cm³/mol. The fraction of sp³-hybridized carbons (Fsp3) is 0.857. The Morgan fingerprint density at radius 2 is 1.38 bits per heavy atom. The van der Waals surface area contributed by atoms with Gasteiger partial charge in [0.25, 0.3) is 0 Å². The van der Waals surface area contributed by atoms with Crippen LogP contribution in [0, 0.1) is 11.8 Å². The van der Waals surface area contributed by atoms with Gasteiger partial charge in [-0.05, 0) is 46.5 Å². The van der Waals surface area contributed by atoms with E-state index in [1.54, 1.807) is 4.90 Å². The number of carbonyl (C=O) groups excluding carboxylic acids is 3. The van der Waals surface area contributed by atoms with Crippen LogP contribution in [0.3, 0.4) is 0 Å². The molecule has 3 fully saturated rings. The van der Waals surface area contributed by atoms with Gasteiger partial charge in [0, 0.05) is 45.2 Å². The largest absolute Gasteiger partial charge is 0.444 e. The highest BCUT2D eigenvalue weighted by Gasteiger charge is 2.36. The van der Waals surface area contributed by atoms with E-state index in [2.05, 4.69) is 0 Å². The zero-order valence-electron chi connectivity index (χ0n) is 18.0. The summed E-state index contributed by atoms with van der Waals surface area (Å²) in [7, 11) is 0. The molecule has 3 rings (SSSR count). The number of hydrogen-bond acceptors (Lipinski definition) is 5. The van der Waals surface area contributed by atoms with Crippen molar-refractivity contribution in [2.75, 3.05) is 52.5 Å². The Balaban J connectivity index is 1.48. The number of amides is 3. The van der Waals surface area contributed by atoms with Crippen molar-refractivity contribution in [2.24, 2.45) is 11.8 Å². The van der Waals surface area contributed by atoms with Crippen LogP contribution < -0.4 is 0 Å². The van der Waals surface area contributed by atoms with Gasteiger partial charge in [0.2, 0.25) is 11.8 Å². The number of morpholine rings is 1. The topological polar surface area (TPSA) is 79.4 Å². The standard InChI is InChI=1S/C21H35N3O5/c1-21(2,3)29-20(27)24-8-4-5-17(15-24)19(26)22-9-6-16(7-10-22)18(25)23-11-13-28-14-12-23/h16-17H,4-15H2,1-3H3. The number of hydrogen-bond donors (Lipinski definition) is 0. The lowest BCUT2D eigenvalue weighted by molar-refractivity contribution is -0.145. The first-order valence-corrected chi connectivity index (χ1v) is 10.9. The molecule has 0 spiro atoms. The molecule has 3 saturated heterocycles. The Morgan fingerprint density at radius 1 is 0.793 bits per heavy atom. The Labute approximate surface area is 173 Å². The van der Waals surface area contributed by atoms with Gasteiger partial charge in [0.15, 0.2) is 0 Å². The zero-order chi connectivity index (χ0) is 21.0. The molecule has 8 heteroatoms. The minimum Gasteiger partial charge on any atom is -0.444 e. The minimum atomic E-state index is -0.539. The van der Waals surface area contributed by atoms with Crippen molar-refractivity contribution in [2.45, 2.75) is 52.1 Å². The molecule has 29 heavy (non-hydrogen) atoms. The van der Waals surface area contributed by atoms with E-state index in [1.165, 1.54) is 0 Å². The lowest BCUT2D eigenvalue weighted by atomic mass is 9.92. The van der Waals surface area contributed by atoms with E-state index in [0.29, 0.717) is 65.3 Å². The Bertz CT molecular complexity index is 604. The van der Waals surface area contributed by atoms with Crippen LogP contribution in [0.4, 0.5) is 4.79 Å². The molecule has 0 N–H and O–H groups in total. The van der Waals surface area contributed by atoms with Crippen LogP contribution in [-0.4, -0.2) is 90.7 Å². The van der Waals surface area contributed by atoms with Crippen LogP contribution in [0.25, 0.3) is 0 Å². The van der Waals surface area contributed by atoms with Gasteiger partial charge in [0.05, 0.1) is 19.1 Å². The third-order valence-electron chi connectivity index (χ3n) is 5.90. The molecule has 3 aliphatic rings. The van der Waals surface area contributed by atoms with Crippen LogP contribution in [0.2, 0.25) is 0 Å². The van der Waals surface area contributed by atoms with Crippen molar-refractivity contribution < 1.29 is 23.9 Å². The van der Waals surface area contributed by atoms with Crippen LogP contribution in [-0.2, 0) is 19.1 Å². The van der Waals surface area contributed by atoms with Crippen LogP contribution >= 0.6 is 0 Å². The fourth-order valence-electron chi connectivity index (χ4n) is 4.32. The van der Waals surface area contributed by atoms with Crippen LogP contribution in [0.15, 0.2) is 0 Å². The van der Waals surface area contributed by atoms with E-state index in [0.717, 1.165) is 12.8 Å². The van der Waals surface area contributed by atoms with Gasteiger partial charge in [-0.1, -0.05) is 0 Å². The monoisotopic (exact) mass is 409 g/mol. The normalized spacial score (nSPS) is 24.4. The van der Waals surface area contributed by atoms with E-state index in [4.69, 9.17) is 9.47 Å². The van der Waals surface area contributed by atoms with Gasteiger partial charge in [-0.25, -0.2) is 4.79 Å². The summed E-state index contributed by atoms with van der Waals surface area (Å²) in [5.41, 5.74) is -0.539. The number of nitrogens with zero attached hydrogens (tertiary/aromatic N) is 3. The quantitative estimate of drug-likeness (QED) is 0.694. The number of carbonyl (C=O) groups is 3. The van der Waals surface area contributed by atoms with E-state index in [1.807, 2.05) is 30.6 Å². The van der Waals surface area contributed by atoms with Gasteiger partial charge in [0.1, 0.15) is 5.60 Å². The predicted octanol–water partition coefficient (Wildman–Crippen LogP) is 1.73. The van der Waals surface area contributed by atoms with Crippen molar-refractivity contribution in [1.29, 1.82) is 0 Å². The summed E-state index contributed by atoms with van der Waals surface area (Å²) < 4.78 is 10.8. The highest BCUT2D eigenvalue weighted by Crippen LogP contribution is 2.25. The molecule has 0 bridgehead atoms. The summed E-state index contributed by atoms with van der Waals surface area (Å²) in [5.74, 6) is 0.134. The molecule has 1 unspecified atom stereocenters. The van der Waals surface area contributed by atoms with Crippen molar-refractivity contribution in [1.82, 2.24) is 14.7 Å². The third-order valence-corrected chi connectivity index (χ3v) is 5.90. The molecule has 0 aliphatic carbocycles. The molecule has 3 amide bonds. The lowest BCUT2D eigenvalue weighted by Gasteiger charge is -2.39. The molecule has 0 aromatic heterocycles. The Morgan fingerprint density at radius 3 is 2.00 bits per heavy atom. The van der Waals surface area contributed by atoms with Gasteiger partial charge < -0.3 is 24.2 Å².